The summed E-state index contributed by atoms with van der Waals surface area (Å²) in [5.41, 5.74) is 3.00. The zero-order valence-electron chi connectivity index (χ0n) is 12.9. The number of aromatic nitrogens is 1. The third-order valence-electron chi connectivity index (χ3n) is 3.38. The van der Waals surface area contributed by atoms with Gasteiger partial charge in [0, 0.05) is 29.2 Å². The van der Waals surface area contributed by atoms with Crippen molar-refractivity contribution < 1.29 is 9.53 Å². The Morgan fingerprint density at radius 1 is 1.41 bits per heavy atom. The lowest BCUT2D eigenvalue weighted by molar-refractivity contribution is -0.132. The smallest absolute Gasteiger partial charge is 0.359 e. The number of H-pyrrole nitrogens is 1. The van der Waals surface area contributed by atoms with E-state index in [1.54, 1.807) is 6.07 Å². The van der Waals surface area contributed by atoms with Crippen LogP contribution in [0.2, 0.25) is 0 Å². The van der Waals surface area contributed by atoms with Crippen LogP contribution in [0.5, 0.6) is 0 Å². The maximum atomic E-state index is 11.7. The van der Waals surface area contributed by atoms with Gasteiger partial charge < -0.3 is 20.5 Å². The molecule has 0 spiro atoms. The first-order valence-electron chi connectivity index (χ1n) is 6.68. The van der Waals surface area contributed by atoms with E-state index in [9.17, 15) is 4.79 Å². The minimum atomic E-state index is -0.540. The third-order valence-corrected chi connectivity index (χ3v) is 3.38. The summed E-state index contributed by atoms with van der Waals surface area (Å²) in [4.78, 5) is 17.0. The Balaban J connectivity index is 0.00000242. The highest BCUT2D eigenvalue weighted by atomic mass is 35.5. The first-order chi connectivity index (χ1) is 10.1. The fourth-order valence-electron chi connectivity index (χ4n) is 2.22. The minimum absolute atomic E-state index is 0. The SMILES string of the molecule is COC(=O)C(=NN)c1ccc2[nH]cc(CCN(C)C)c2c1.Cl. The average molecular weight is 325 g/mol. The lowest BCUT2D eigenvalue weighted by Gasteiger charge is -2.08. The standard InChI is InChI=1S/C15H20N4O2.ClH/c1-19(2)7-6-11-9-17-13-5-4-10(8-12(11)13)14(18-16)15(20)21-3;/h4-5,8-9,17H,6-7,16H2,1-3H3;1H. The van der Waals surface area contributed by atoms with Crippen molar-refractivity contribution in [2.45, 2.75) is 6.42 Å². The number of nitrogens with zero attached hydrogens (tertiary/aromatic N) is 2. The summed E-state index contributed by atoms with van der Waals surface area (Å²) in [6, 6.07) is 5.63. The van der Waals surface area contributed by atoms with Crippen molar-refractivity contribution in [3.63, 3.8) is 0 Å². The molecule has 0 radical (unpaired) electrons. The van der Waals surface area contributed by atoms with E-state index in [1.165, 1.54) is 12.7 Å². The molecule has 2 rings (SSSR count). The maximum absolute atomic E-state index is 11.7. The van der Waals surface area contributed by atoms with Crippen LogP contribution in [0.4, 0.5) is 0 Å². The van der Waals surface area contributed by atoms with Crippen LogP contribution in [0.15, 0.2) is 29.5 Å². The quantitative estimate of drug-likeness (QED) is 0.378. The van der Waals surface area contributed by atoms with Gasteiger partial charge in [-0.05, 0) is 38.2 Å². The Bertz CT molecular complexity index is 679. The summed E-state index contributed by atoms with van der Waals surface area (Å²) >= 11 is 0. The summed E-state index contributed by atoms with van der Waals surface area (Å²) in [6.07, 6.45) is 2.92. The molecule has 0 aliphatic rings. The number of hydrogen-bond acceptors (Lipinski definition) is 5. The lowest BCUT2D eigenvalue weighted by Crippen LogP contribution is -2.19. The second-order valence-corrected chi connectivity index (χ2v) is 5.10. The number of nitrogens with one attached hydrogen (secondary N) is 1. The molecule has 1 heterocycles. The summed E-state index contributed by atoms with van der Waals surface area (Å²) in [7, 11) is 5.39. The fraction of sp³-hybridized carbons (Fsp3) is 0.333. The number of esters is 1. The number of nitrogens with two attached hydrogens (primary N) is 1. The largest absolute Gasteiger partial charge is 0.464 e. The zero-order chi connectivity index (χ0) is 15.4. The fourth-order valence-corrected chi connectivity index (χ4v) is 2.22. The predicted octanol–water partition coefficient (Wildman–Crippen LogP) is 1.53. The molecule has 22 heavy (non-hydrogen) atoms. The van der Waals surface area contributed by atoms with E-state index in [4.69, 9.17) is 10.6 Å². The molecule has 0 unspecified atom stereocenters. The maximum Gasteiger partial charge on any atom is 0.359 e. The topological polar surface area (TPSA) is 83.7 Å². The van der Waals surface area contributed by atoms with Gasteiger partial charge in [-0.2, -0.15) is 5.10 Å². The normalized spacial score (nSPS) is 11.5. The lowest BCUT2D eigenvalue weighted by atomic mass is 10.0. The molecule has 0 saturated heterocycles. The molecule has 0 fully saturated rings. The number of halogens is 1. The highest BCUT2D eigenvalue weighted by Gasteiger charge is 2.16. The Morgan fingerprint density at radius 3 is 2.73 bits per heavy atom. The predicted molar refractivity (Wildman–Crippen MR) is 90.5 cm³/mol. The number of rotatable bonds is 5. The van der Waals surface area contributed by atoms with Crippen LogP contribution in [-0.2, 0) is 16.0 Å². The number of hydrazone groups is 1. The van der Waals surface area contributed by atoms with Crippen LogP contribution in [0.1, 0.15) is 11.1 Å². The molecular formula is C15H21ClN4O2. The van der Waals surface area contributed by atoms with Gasteiger partial charge in [0.15, 0.2) is 5.71 Å². The molecule has 120 valence electrons. The molecule has 0 amide bonds. The van der Waals surface area contributed by atoms with E-state index in [0.717, 1.165) is 23.9 Å². The highest BCUT2D eigenvalue weighted by molar-refractivity contribution is 6.43. The molecule has 0 bridgehead atoms. The number of carbonyl (C=O) groups is 1. The molecule has 0 atom stereocenters. The van der Waals surface area contributed by atoms with Gasteiger partial charge in [0.05, 0.1) is 7.11 Å². The van der Waals surface area contributed by atoms with Crippen LogP contribution in [-0.4, -0.2) is 49.3 Å². The molecule has 1 aromatic carbocycles. The van der Waals surface area contributed by atoms with Crippen molar-refractivity contribution in [3.8, 4) is 0 Å². The Kier molecular flexibility index (Phi) is 6.39. The van der Waals surface area contributed by atoms with Gasteiger partial charge in [0.1, 0.15) is 0 Å². The van der Waals surface area contributed by atoms with Gasteiger partial charge in [-0.25, -0.2) is 4.79 Å². The van der Waals surface area contributed by atoms with Crippen molar-refractivity contribution >= 4 is 35.0 Å². The highest BCUT2D eigenvalue weighted by Crippen LogP contribution is 2.21. The number of benzene rings is 1. The van der Waals surface area contributed by atoms with Crippen molar-refractivity contribution in [2.75, 3.05) is 27.7 Å². The summed E-state index contributed by atoms with van der Waals surface area (Å²) in [5.74, 6) is 4.77. The van der Waals surface area contributed by atoms with Gasteiger partial charge in [-0.3, -0.25) is 0 Å². The van der Waals surface area contributed by atoms with Crippen LogP contribution >= 0.6 is 12.4 Å². The number of hydrogen-bond donors (Lipinski definition) is 2. The number of ether oxygens (including phenoxy) is 1. The van der Waals surface area contributed by atoms with Crippen LogP contribution in [0.25, 0.3) is 10.9 Å². The summed E-state index contributed by atoms with van der Waals surface area (Å²) in [5, 5.41) is 4.62. The van der Waals surface area contributed by atoms with Crippen molar-refractivity contribution in [1.82, 2.24) is 9.88 Å². The van der Waals surface area contributed by atoms with Gasteiger partial charge in [-0.1, -0.05) is 6.07 Å². The Labute approximate surface area is 135 Å². The summed E-state index contributed by atoms with van der Waals surface area (Å²) < 4.78 is 4.70. The molecule has 0 aliphatic carbocycles. The average Bonchev–Trinajstić information content (AvgIpc) is 2.88. The number of likely N-dealkylation sites (N-methyl/N-ethyl adjacent to an activating group) is 1. The van der Waals surface area contributed by atoms with Crippen molar-refractivity contribution in [1.29, 1.82) is 0 Å². The van der Waals surface area contributed by atoms with Crippen molar-refractivity contribution in [2.24, 2.45) is 10.9 Å². The second kappa shape index (κ2) is 7.82. The molecule has 1 aromatic heterocycles. The van der Waals surface area contributed by atoms with E-state index >= 15 is 0 Å². The molecule has 7 heteroatoms. The number of methoxy groups -OCH3 is 1. The number of aromatic amines is 1. The molecule has 2 aromatic rings. The molecule has 0 saturated carbocycles. The first-order valence-corrected chi connectivity index (χ1v) is 6.68. The first kappa shape index (κ1) is 18.0. The summed E-state index contributed by atoms with van der Waals surface area (Å²) in [6.45, 7) is 0.950. The van der Waals surface area contributed by atoms with Gasteiger partial charge >= 0.3 is 5.97 Å². The molecular weight excluding hydrogens is 304 g/mol. The third kappa shape index (κ3) is 3.78. The van der Waals surface area contributed by atoms with E-state index in [1.807, 2.05) is 32.4 Å². The van der Waals surface area contributed by atoms with Gasteiger partial charge in [-0.15, -0.1) is 12.4 Å². The second-order valence-electron chi connectivity index (χ2n) is 5.10. The van der Waals surface area contributed by atoms with E-state index in [-0.39, 0.29) is 18.1 Å². The molecule has 3 N–H and O–H groups in total. The van der Waals surface area contributed by atoms with Crippen LogP contribution < -0.4 is 5.84 Å². The Morgan fingerprint density at radius 2 is 2.14 bits per heavy atom. The van der Waals surface area contributed by atoms with Gasteiger partial charge in [0.2, 0.25) is 0 Å². The monoisotopic (exact) mass is 324 g/mol. The number of carbonyl (C=O) groups excluding carboxylic acids is 1. The van der Waals surface area contributed by atoms with Crippen LogP contribution in [0.3, 0.4) is 0 Å². The van der Waals surface area contributed by atoms with Crippen LogP contribution in [0, 0.1) is 0 Å². The minimum Gasteiger partial charge on any atom is -0.464 e. The van der Waals surface area contributed by atoms with Crippen molar-refractivity contribution in [3.05, 3.63) is 35.5 Å². The van der Waals surface area contributed by atoms with Gasteiger partial charge in [0.25, 0.3) is 0 Å². The van der Waals surface area contributed by atoms with E-state index in [0.29, 0.717) is 5.56 Å². The Hall–Kier alpha value is -2.05. The van der Waals surface area contributed by atoms with E-state index < -0.39 is 5.97 Å². The molecule has 6 nitrogen and oxygen atoms in total. The zero-order valence-corrected chi connectivity index (χ0v) is 13.7. The number of fused-ring (bicyclic) bond motifs is 1. The molecule has 0 aliphatic heterocycles. The van der Waals surface area contributed by atoms with E-state index in [2.05, 4.69) is 15.0 Å².